The minimum Gasteiger partial charge on any atom is -0.460 e. The standard InChI is InChI=1S/C13H16N4O2S/c1-8-5-6-9(19-8)7-14-17-11(18)10(13(2,3)4)15-16-12(17)20/h5-7H,1-4H3,(H,16,20)/b14-7-. The molecule has 2 aromatic rings. The van der Waals surface area contributed by atoms with Gasteiger partial charge in [-0.25, -0.2) is 0 Å². The van der Waals surface area contributed by atoms with E-state index in [1.807, 2.05) is 33.8 Å². The summed E-state index contributed by atoms with van der Waals surface area (Å²) >= 11 is 5.04. The van der Waals surface area contributed by atoms with Gasteiger partial charge in [0, 0.05) is 5.41 Å². The predicted octanol–water partition coefficient (Wildman–Crippen LogP) is 2.38. The van der Waals surface area contributed by atoms with Crippen LogP contribution in [0.4, 0.5) is 0 Å². The maximum atomic E-state index is 12.3. The molecule has 1 N–H and O–H groups in total. The number of aromatic amines is 1. The Hall–Kier alpha value is -2.02. The second kappa shape index (κ2) is 5.16. The lowest BCUT2D eigenvalue weighted by Gasteiger charge is -2.16. The molecule has 0 saturated heterocycles. The lowest BCUT2D eigenvalue weighted by Crippen LogP contribution is -2.32. The van der Waals surface area contributed by atoms with Gasteiger partial charge in [-0.1, -0.05) is 20.8 Å². The molecule has 0 fully saturated rings. The van der Waals surface area contributed by atoms with Crippen LogP contribution < -0.4 is 5.56 Å². The zero-order valence-corrected chi connectivity index (χ0v) is 12.6. The van der Waals surface area contributed by atoms with E-state index in [4.69, 9.17) is 16.6 Å². The van der Waals surface area contributed by atoms with Gasteiger partial charge in [0.1, 0.15) is 17.2 Å². The van der Waals surface area contributed by atoms with Gasteiger partial charge in [0.2, 0.25) is 4.77 Å². The van der Waals surface area contributed by atoms with Crippen molar-refractivity contribution < 1.29 is 4.42 Å². The van der Waals surface area contributed by atoms with Crippen LogP contribution in [0.5, 0.6) is 0 Å². The highest BCUT2D eigenvalue weighted by molar-refractivity contribution is 7.71. The van der Waals surface area contributed by atoms with Crippen molar-refractivity contribution in [3.8, 4) is 0 Å². The Bertz CT molecular complexity index is 762. The van der Waals surface area contributed by atoms with Gasteiger partial charge < -0.3 is 4.42 Å². The number of hydrogen-bond acceptors (Lipinski definition) is 5. The van der Waals surface area contributed by atoms with Crippen LogP contribution in [0.2, 0.25) is 0 Å². The number of nitrogens with one attached hydrogen (secondary N) is 1. The summed E-state index contributed by atoms with van der Waals surface area (Å²) in [6.45, 7) is 7.53. The summed E-state index contributed by atoms with van der Waals surface area (Å²) in [7, 11) is 0. The van der Waals surface area contributed by atoms with Gasteiger partial charge in [-0.15, -0.1) is 0 Å². The summed E-state index contributed by atoms with van der Waals surface area (Å²) in [5, 5.41) is 10.7. The molecule has 6 nitrogen and oxygen atoms in total. The molecule has 0 atom stereocenters. The van der Waals surface area contributed by atoms with Crippen molar-refractivity contribution in [2.24, 2.45) is 5.10 Å². The average Bonchev–Trinajstić information content (AvgIpc) is 2.73. The number of aromatic nitrogens is 3. The van der Waals surface area contributed by atoms with Gasteiger partial charge in [0.05, 0.1) is 6.21 Å². The van der Waals surface area contributed by atoms with Crippen LogP contribution in [-0.2, 0) is 5.41 Å². The molecule has 2 aromatic heterocycles. The Kier molecular flexibility index (Phi) is 3.71. The van der Waals surface area contributed by atoms with E-state index < -0.39 is 5.41 Å². The number of nitrogens with zero attached hydrogens (tertiary/aromatic N) is 3. The lowest BCUT2D eigenvalue weighted by molar-refractivity contribution is 0.522. The zero-order valence-electron chi connectivity index (χ0n) is 11.8. The number of aryl methyl sites for hydroxylation is 1. The second-order valence-electron chi connectivity index (χ2n) is 5.44. The van der Waals surface area contributed by atoms with Gasteiger partial charge in [0.15, 0.2) is 0 Å². The monoisotopic (exact) mass is 292 g/mol. The fraction of sp³-hybridized carbons (Fsp3) is 0.385. The van der Waals surface area contributed by atoms with Crippen LogP contribution in [0.25, 0.3) is 0 Å². The molecule has 0 spiro atoms. The van der Waals surface area contributed by atoms with E-state index in [-0.39, 0.29) is 10.3 Å². The van der Waals surface area contributed by atoms with Crippen molar-refractivity contribution in [1.82, 2.24) is 14.9 Å². The molecule has 2 rings (SSSR count). The topological polar surface area (TPSA) is 76.2 Å². The number of rotatable bonds is 2. The molecule has 106 valence electrons. The number of H-pyrrole nitrogens is 1. The molecule has 20 heavy (non-hydrogen) atoms. The van der Waals surface area contributed by atoms with Crippen LogP contribution in [0.1, 0.15) is 38.0 Å². The molecule has 2 heterocycles. The third-order valence-electron chi connectivity index (χ3n) is 2.62. The van der Waals surface area contributed by atoms with E-state index >= 15 is 0 Å². The van der Waals surface area contributed by atoms with Crippen LogP contribution in [0.3, 0.4) is 0 Å². The highest BCUT2D eigenvalue weighted by Crippen LogP contribution is 2.15. The normalized spacial score (nSPS) is 12.2. The number of hydrogen-bond donors (Lipinski definition) is 1. The molecule has 7 heteroatoms. The molecule has 0 amide bonds. The first-order valence-corrected chi connectivity index (χ1v) is 6.53. The number of furan rings is 1. The predicted molar refractivity (Wildman–Crippen MR) is 78.8 cm³/mol. The van der Waals surface area contributed by atoms with Gasteiger partial charge in [-0.3, -0.25) is 9.89 Å². The van der Waals surface area contributed by atoms with Gasteiger partial charge in [-0.2, -0.15) is 14.9 Å². The molecular formula is C13H16N4O2S. The maximum absolute atomic E-state index is 12.3. The summed E-state index contributed by atoms with van der Waals surface area (Å²) in [4.78, 5) is 12.3. The average molecular weight is 292 g/mol. The molecule has 0 bridgehead atoms. The van der Waals surface area contributed by atoms with Crippen molar-refractivity contribution in [3.63, 3.8) is 0 Å². The van der Waals surface area contributed by atoms with Crippen molar-refractivity contribution in [2.45, 2.75) is 33.1 Å². The van der Waals surface area contributed by atoms with Gasteiger partial charge in [-0.05, 0) is 31.3 Å². The summed E-state index contributed by atoms with van der Waals surface area (Å²) < 4.78 is 6.61. The Balaban J connectivity index is 2.49. The smallest absolute Gasteiger partial charge is 0.297 e. The first-order valence-electron chi connectivity index (χ1n) is 6.12. The van der Waals surface area contributed by atoms with E-state index in [1.165, 1.54) is 6.21 Å². The highest BCUT2D eigenvalue weighted by Gasteiger charge is 2.21. The molecular weight excluding hydrogens is 276 g/mol. The summed E-state index contributed by atoms with van der Waals surface area (Å²) in [5.41, 5.74) is -0.352. The Morgan fingerprint density at radius 2 is 2.15 bits per heavy atom. The maximum Gasteiger partial charge on any atom is 0.297 e. The van der Waals surface area contributed by atoms with E-state index in [0.29, 0.717) is 11.5 Å². The Labute approximate surface area is 121 Å². The van der Waals surface area contributed by atoms with E-state index in [2.05, 4.69) is 15.3 Å². The summed E-state index contributed by atoms with van der Waals surface area (Å²) in [6.07, 6.45) is 1.45. The third kappa shape index (κ3) is 2.93. The SMILES string of the molecule is Cc1ccc(/C=N\n2c(=S)[nH]nc(C(C)(C)C)c2=O)o1. The minimum absolute atomic E-state index is 0.141. The van der Waals surface area contributed by atoms with Crippen LogP contribution in [0, 0.1) is 11.7 Å². The van der Waals surface area contributed by atoms with Gasteiger partial charge >= 0.3 is 0 Å². The van der Waals surface area contributed by atoms with Crippen molar-refractivity contribution in [3.05, 3.63) is 44.5 Å². The lowest BCUT2D eigenvalue weighted by atomic mass is 9.93. The molecule has 0 saturated carbocycles. The summed E-state index contributed by atoms with van der Waals surface area (Å²) in [5.74, 6) is 1.33. The van der Waals surface area contributed by atoms with Crippen molar-refractivity contribution in [1.29, 1.82) is 0 Å². The van der Waals surface area contributed by atoms with Crippen molar-refractivity contribution in [2.75, 3.05) is 0 Å². The second-order valence-corrected chi connectivity index (χ2v) is 5.82. The third-order valence-corrected chi connectivity index (χ3v) is 2.89. The fourth-order valence-corrected chi connectivity index (χ4v) is 1.80. The minimum atomic E-state index is -0.394. The Morgan fingerprint density at radius 3 is 2.70 bits per heavy atom. The fourth-order valence-electron chi connectivity index (χ4n) is 1.62. The largest absolute Gasteiger partial charge is 0.460 e. The molecule has 0 aliphatic rings. The molecule has 0 aliphatic carbocycles. The van der Waals surface area contributed by atoms with Crippen LogP contribution in [-0.4, -0.2) is 21.1 Å². The molecule has 0 unspecified atom stereocenters. The van der Waals surface area contributed by atoms with Crippen LogP contribution >= 0.6 is 12.2 Å². The first-order chi connectivity index (χ1) is 9.29. The first kappa shape index (κ1) is 14.4. The molecule has 0 radical (unpaired) electrons. The van der Waals surface area contributed by atoms with Crippen molar-refractivity contribution >= 4 is 18.4 Å². The molecule has 0 aliphatic heterocycles. The Morgan fingerprint density at radius 1 is 1.45 bits per heavy atom. The quantitative estimate of drug-likeness (QED) is 0.681. The van der Waals surface area contributed by atoms with E-state index in [9.17, 15) is 4.79 Å². The summed E-state index contributed by atoms with van der Waals surface area (Å²) in [6, 6.07) is 3.58. The van der Waals surface area contributed by atoms with Crippen LogP contribution in [0.15, 0.2) is 26.4 Å². The molecule has 0 aromatic carbocycles. The van der Waals surface area contributed by atoms with E-state index in [1.54, 1.807) is 6.07 Å². The zero-order chi connectivity index (χ0) is 14.9. The highest BCUT2D eigenvalue weighted by atomic mass is 32.1. The van der Waals surface area contributed by atoms with E-state index in [0.717, 1.165) is 10.4 Å². The van der Waals surface area contributed by atoms with Gasteiger partial charge in [0.25, 0.3) is 5.56 Å².